The minimum atomic E-state index is 0.0352. The van der Waals surface area contributed by atoms with E-state index < -0.39 is 0 Å². The standard InChI is InChI=1S/C22H28N2O/c1-6-17(9-14(2)3)12-20-15(4)10-19(13-22(20)25)18-7-8-21(24-23)16(5)11-18/h6-8,11-14,24H,4,9-10,23H2,1-3,5H3/b17-6-,20-12+. The Morgan fingerprint density at radius 3 is 2.64 bits per heavy atom. The highest BCUT2D eigenvalue weighted by atomic mass is 16.1. The van der Waals surface area contributed by atoms with Crippen molar-refractivity contribution in [3.63, 3.8) is 0 Å². The van der Waals surface area contributed by atoms with Crippen molar-refractivity contribution in [1.82, 2.24) is 0 Å². The number of hydrazine groups is 1. The first-order valence-corrected chi connectivity index (χ1v) is 8.73. The first-order chi connectivity index (χ1) is 11.8. The minimum absolute atomic E-state index is 0.0352. The molecule has 0 unspecified atom stereocenters. The van der Waals surface area contributed by atoms with Crippen molar-refractivity contribution in [2.75, 3.05) is 5.43 Å². The molecule has 0 amide bonds. The van der Waals surface area contributed by atoms with Crippen LogP contribution in [0.15, 0.2) is 59.7 Å². The Morgan fingerprint density at radius 1 is 1.40 bits per heavy atom. The van der Waals surface area contributed by atoms with Crippen LogP contribution in [0.1, 0.15) is 44.7 Å². The molecule has 0 fully saturated rings. The molecule has 0 saturated heterocycles. The van der Waals surface area contributed by atoms with Crippen LogP contribution in [-0.4, -0.2) is 5.78 Å². The molecule has 0 bridgehead atoms. The van der Waals surface area contributed by atoms with Gasteiger partial charge in [0.25, 0.3) is 0 Å². The fourth-order valence-corrected chi connectivity index (χ4v) is 3.09. The fourth-order valence-electron chi connectivity index (χ4n) is 3.09. The zero-order valence-electron chi connectivity index (χ0n) is 15.6. The summed E-state index contributed by atoms with van der Waals surface area (Å²) >= 11 is 0. The van der Waals surface area contributed by atoms with Gasteiger partial charge in [0.15, 0.2) is 5.78 Å². The average molecular weight is 336 g/mol. The summed E-state index contributed by atoms with van der Waals surface area (Å²) in [6.07, 6.45) is 7.47. The summed E-state index contributed by atoms with van der Waals surface area (Å²) in [4.78, 5) is 12.7. The lowest BCUT2D eigenvalue weighted by molar-refractivity contribution is -0.111. The van der Waals surface area contributed by atoms with Crippen LogP contribution in [0.4, 0.5) is 5.69 Å². The van der Waals surface area contributed by atoms with E-state index in [1.165, 1.54) is 5.57 Å². The molecule has 0 saturated carbocycles. The van der Waals surface area contributed by atoms with Crippen molar-refractivity contribution >= 4 is 17.0 Å². The van der Waals surface area contributed by atoms with Gasteiger partial charge in [-0.15, -0.1) is 0 Å². The third-order valence-electron chi connectivity index (χ3n) is 4.45. The number of nitrogen functional groups attached to an aromatic ring is 1. The first-order valence-electron chi connectivity index (χ1n) is 8.73. The van der Waals surface area contributed by atoms with E-state index in [9.17, 15) is 4.79 Å². The summed E-state index contributed by atoms with van der Waals surface area (Å²) in [6, 6.07) is 5.97. The predicted octanol–water partition coefficient (Wildman–Crippen LogP) is 5.11. The Labute approximate surface area is 151 Å². The second kappa shape index (κ2) is 8.13. The van der Waals surface area contributed by atoms with Gasteiger partial charge in [0.1, 0.15) is 0 Å². The Bertz CT molecular complexity index is 779. The quantitative estimate of drug-likeness (QED) is 0.446. The molecule has 0 aliphatic heterocycles. The van der Waals surface area contributed by atoms with Crippen molar-refractivity contribution in [1.29, 1.82) is 0 Å². The number of nitrogens with one attached hydrogen (secondary N) is 1. The number of allylic oxidation sites excluding steroid dienone is 7. The predicted molar refractivity (Wildman–Crippen MR) is 107 cm³/mol. The molecule has 3 N–H and O–H groups in total. The lowest BCUT2D eigenvalue weighted by Crippen LogP contribution is -2.11. The summed E-state index contributed by atoms with van der Waals surface area (Å²) in [7, 11) is 0. The van der Waals surface area contributed by atoms with E-state index in [4.69, 9.17) is 5.84 Å². The van der Waals surface area contributed by atoms with Crippen molar-refractivity contribution in [3.8, 4) is 0 Å². The summed E-state index contributed by atoms with van der Waals surface area (Å²) < 4.78 is 0. The van der Waals surface area contributed by atoms with Crippen molar-refractivity contribution in [2.45, 2.75) is 40.5 Å². The second-order valence-corrected chi connectivity index (χ2v) is 7.01. The molecule has 3 nitrogen and oxygen atoms in total. The van der Waals surface area contributed by atoms with Gasteiger partial charge in [-0.25, -0.2) is 0 Å². The number of hydrogen-bond donors (Lipinski definition) is 2. The van der Waals surface area contributed by atoms with Crippen molar-refractivity contribution < 1.29 is 4.79 Å². The number of benzene rings is 1. The van der Waals surface area contributed by atoms with E-state index in [1.807, 2.05) is 38.1 Å². The molecule has 0 heterocycles. The van der Waals surface area contributed by atoms with Gasteiger partial charge in [-0.2, -0.15) is 0 Å². The summed E-state index contributed by atoms with van der Waals surface area (Å²) in [5, 5.41) is 0. The molecule has 1 aromatic carbocycles. The van der Waals surface area contributed by atoms with Crippen LogP contribution in [0.25, 0.3) is 5.57 Å². The average Bonchev–Trinajstić information content (AvgIpc) is 2.56. The lowest BCUT2D eigenvalue weighted by atomic mass is 9.84. The maximum absolute atomic E-state index is 12.7. The molecule has 2 rings (SSSR count). The molecule has 3 heteroatoms. The third kappa shape index (κ3) is 4.58. The smallest absolute Gasteiger partial charge is 0.186 e. The molecule has 0 spiro atoms. The maximum Gasteiger partial charge on any atom is 0.186 e. The maximum atomic E-state index is 12.7. The van der Waals surface area contributed by atoms with Gasteiger partial charge in [0.05, 0.1) is 5.69 Å². The van der Waals surface area contributed by atoms with E-state index in [1.54, 1.807) is 6.08 Å². The Hall–Kier alpha value is -2.39. The number of ketones is 1. The van der Waals surface area contributed by atoms with Gasteiger partial charge in [-0.1, -0.05) is 38.1 Å². The highest BCUT2D eigenvalue weighted by Crippen LogP contribution is 2.33. The molecule has 25 heavy (non-hydrogen) atoms. The summed E-state index contributed by atoms with van der Waals surface area (Å²) in [5.41, 5.74) is 9.45. The summed E-state index contributed by atoms with van der Waals surface area (Å²) in [6.45, 7) is 12.5. The van der Waals surface area contributed by atoms with Gasteiger partial charge in [0.2, 0.25) is 0 Å². The van der Waals surface area contributed by atoms with Gasteiger partial charge >= 0.3 is 0 Å². The van der Waals surface area contributed by atoms with Crippen molar-refractivity contribution in [2.24, 2.45) is 11.8 Å². The van der Waals surface area contributed by atoms with Gasteiger partial charge in [0, 0.05) is 5.57 Å². The van der Waals surface area contributed by atoms with Crippen LogP contribution < -0.4 is 11.3 Å². The molecule has 0 aromatic heterocycles. The zero-order valence-corrected chi connectivity index (χ0v) is 15.6. The molecule has 1 aromatic rings. The fraction of sp³-hybridized carbons (Fsp3) is 0.318. The van der Waals surface area contributed by atoms with Crippen LogP contribution in [0, 0.1) is 12.8 Å². The molecule has 0 radical (unpaired) electrons. The highest BCUT2D eigenvalue weighted by molar-refractivity contribution is 6.13. The van der Waals surface area contributed by atoms with Crippen LogP contribution in [0.5, 0.6) is 0 Å². The zero-order chi connectivity index (χ0) is 18.6. The Balaban J connectivity index is 2.32. The number of aryl methyl sites for hydroxylation is 1. The molecule has 0 atom stereocenters. The number of carbonyl (C=O) groups is 1. The van der Waals surface area contributed by atoms with Crippen LogP contribution in [0.2, 0.25) is 0 Å². The number of anilines is 1. The largest absolute Gasteiger partial charge is 0.324 e. The van der Waals surface area contributed by atoms with Crippen LogP contribution in [-0.2, 0) is 4.79 Å². The third-order valence-corrected chi connectivity index (χ3v) is 4.45. The molecule has 1 aliphatic rings. The minimum Gasteiger partial charge on any atom is -0.324 e. The number of rotatable bonds is 5. The molecule has 132 valence electrons. The summed E-state index contributed by atoms with van der Waals surface area (Å²) in [5.74, 6) is 6.08. The monoisotopic (exact) mass is 336 g/mol. The Morgan fingerprint density at radius 2 is 2.12 bits per heavy atom. The van der Waals surface area contributed by atoms with Crippen LogP contribution >= 0.6 is 0 Å². The molecular weight excluding hydrogens is 308 g/mol. The van der Waals surface area contributed by atoms with Gasteiger partial charge < -0.3 is 5.43 Å². The van der Waals surface area contributed by atoms with E-state index in [2.05, 4.69) is 31.9 Å². The topological polar surface area (TPSA) is 55.1 Å². The van der Waals surface area contributed by atoms with E-state index >= 15 is 0 Å². The van der Waals surface area contributed by atoms with Crippen molar-refractivity contribution in [3.05, 3.63) is 70.9 Å². The van der Waals surface area contributed by atoms with E-state index in [0.717, 1.165) is 40.0 Å². The number of carbonyl (C=O) groups excluding carboxylic acids is 1. The highest BCUT2D eigenvalue weighted by Gasteiger charge is 2.21. The molecule has 1 aliphatic carbocycles. The van der Waals surface area contributed by atoms with E-state index in [-0.39, 0.29) is 5.78 Å². The lowest BCUT2D eigenvalue weighted by Gasteiger charge is -2.19. The van der Waals surface area contributed by atoms with Gasteiger partial charge in [-0.3, -0.25) is 10.6 Å². The SMILES string of the molecule is C=C1CC(c2ccc(NN)c(C)c2)=CC(=O)/C1=C/C(=C\C)CC(C)C. The van der Waals surface area contributed by atoms with Crippen LogP contribution in [0.3, 0.4) is 0 Å². The normalized spacial score (nSPS) is 17.3. The number of hydrogen-bond acceptors (Lipinski definition) is 3. The molecular formula is C22H28N2O. The van der Waals surface area contributed by atoms with Gasteiger partial charge in [-0.05, 0) is 79.2 Å². The first kappa shape index (κ1) is 18.9. The number of nitrogens with two attached hydrogens (primary N) is 1. The van der Waals surface area contributed by atoms with E-state index in [0.29, 0.717) is 12.3 Å². The Kier molecular flexibility index (Phi) is 6.16. The second-order valence-electron chi connectivity index (χ2n) is 7.01.